The summed E-state index contributed by atoms with van der Waals surface area (Å²) in [5, 5.41) is 7.39. The van der Waals surface area contributed by atoms with E-state index >= 15 is 0 Å². The molecule has 1 N–H and O–H groups in total. The Kier molecular flexibility index (Phi) is 5.64. The maximum Gasteiger partial charge on any atom is 0.415 e. The molecule has 3 heterocycles. The van der Waals surface area contributed by atoms with E-state index in [2.05, 4.69) is 39.3 Å². The fourth-order valence-corrected chi connectivity index (χ4v) is 3.95. The lowest BCUT2D eigenvalue weighted by molar-refractivity contribution is 0.177. The summed E-state index contributed by atoms with van der Waals surface area (Å²) in [6.07, 6.45) is 7.22. The molecule has 0 spiro atoms. The van der Waals surface area contributed by atoms with E-state index in [-0.39, 0.29) is 24.1 Å². The zero-order chi connectivity index (χ0) is 20.4. The first-order valence-corrected chi connectivity index (χ1v) is 10.4. The number of anilines is 2. The SMILES string of the molecule is CC(Nc1nccc(N2C(=O)OCC2C(C)C)n1)c1nc(C2CCCCC2)no1. The van der Waals surface area contributed by atoms with Crippen molar-refractivity contribution in [2.45, 2.75) is 70.9 Å². The van der Waals surface area contributed by atoms with Gasteiger partial charge in [-0.05, 0) is 31.7 Å². The Balaban J connectivity index is 1.46. The molecule has 0 bridgehead atoms. The van der Waals surface area contributed by atoms with Crippen LogP contribution in [0.25, 0.3) is 0 Å². The molecule has 9 nitrogen and oxygen atoms in total. The number of amides is 1. The molecule has 2 aromatic heterocycles. The smallest absolute Gasteiger partial charge is 0.415 e. The van der Waals surface area contributed by atoms with E-state index in [1.165, 1.54) is 19.3 Å². The molecule has 2 aromatic rings. The molecule has 29 heavy (non-hydrogen) atoms. The Morgan fingerprint density at radius 1 is 1.17 bits per heavy atom. The van der Waals surface area contributed by atoms with Crippen LogP contribution in [0.1, 0.15) is 76.6 Å². The lowest BCUT2D eigenvalue weighted by atomic mass is 9.89. The van der Waals surface area contributed by atoms with Crippen LogP contribution >= 0.6 is 0 Å². The molecule has 156 valence electrons. The monoisotopic (exact) mass is 400 g/mol. The molecule has 0 aromatic carbocycles. The number of hydrogen-bond acceptors (Lipinski definition) is 8. The van der Waals surface area contributed by atoms with Gasteiger partial charge in [0, 0.05) is 12.1 Å². The molecule has 2 unspecified atom stereocenters. The predicted octanol–water partition coefficient (Wildman–Crippen LogP) is 4.06. The summed E-state index contributed by atoms with van der Waals surface area (Å²) >= 11 is 0. The summed E-state index contributed by atoms with van der Waals surface area (Å²) < 4.78 is 10.7. The second kappa shape index (κ2) is 8.34. The van der Waals surface area contributed by atoms with Gasteiger partial charge in [0.2, 0.25) is 11.8 Å². The maximum atomic E-state index is 12.2. The van der Waals surface area contributed by atoms with Gasteiger partial charge >= 0.3 is 6.09 Å². The van der Waals surface area contributed by atoms with Gasteiger partial charge in [-0.1, -0.05) is 38.3 Å². The molecule has 1 aliphatic carbocycles. The number of aromatic nitrogens is 4. The topological polar surface area (TPSA) is 106 Å². The molecular formula is C20H28N6O3. The normalized spacial score (nSPS) is 21.4. The Morgan fingerprint density at radius 2 is 1.97 bits per heavy atom. The number of hydrogen-bond donors (Lipinski definition) is 1. The summed E-state index contributed by atoms with van der Waals surface area (Å²) in [6.45, 7) is 6.41. The summed E-state index contributed by atoms with van der Waals surface area (Å²) in [6, 6.07) is 1.42. The van der Waals surface area contributed by atoms with Crippen molar-refractivity contribution < 1.29 is 14.1 Å². The molecule has 0 radical (unpaired) electrons. The number of ether oxygens (including phenoxy) is 1. The Morgan fingerprint density at radius 3 is 2.72 bits per heavy atom. The van der Waals surface area contributed by atoms with Gasteiger partial charge < -0.3 is 14.6 Å². The fraction of sp³-hybridized carbons (Fsp3) is 0.650. The van der Waals surface area contributed by atoms with Crippen molar-refractivity contribution in [1.29, 1.82) is 0 Å². The lowest BCUT2D eigenvalue weighted by Crippen LogP contribution is -2.37. The van der Waals surface area contributed by atoms with Crippen molar-refractivity contribution in [2.24, 2.45) is 5.92 Å². The first-order chi connectivity index (χ1) is 14.0. The minimum absolute atomic E-state index is 0.0448. The molecule has 1 amide bonds. The standard InChI is InChI=1S/C20H28N6O3/c1-12(2)15-11-28-20(27)26(15)16-9-10-21-19(23-16)22-13(3)18-24-17(25-29-18)14-7-5-4-6-8-14/h9-10,12-15H,4-8,11H2,1-3H3,(H,21,22,23). The summed E-state index contributed by atoms with van der Waals surface area (Å²) in [5.74, 6) is 2.87. The molecule has 9 heteroatoms. The Bertz CT molecular complexity index is 848. The minimum atomic E-state index is -0.379. The first kappa shape index (κ1) is 19.6. The average Bonchev–Trinajstić information content (AvgIpc) is 3.36. The predicted molar refractivity (Wildman–Crippen MR) is 107 cm³/mol. The van der Waals surface area contributed by atoms with Gasteiger partial charge in [-0.25, -0.2) is 9.78 Å². The van der Waals surface area contributed by atoms with E-state index in [1.54, 1.807) is 17.2 Å². The highest BCUT2D eigenvalue weighted by atomic mass is 16.6. The van der Waals surface area contributed by atoms with Gasteiger partial charge in [0.1, 0.15) is 18.5 Å². The molecule has 2 fully saturated rings. The van der Waals surface area contributed by atoms with Crippen LogP contribution in [0.2, 0.25) is 0 Å². The fourth-order valence-electron chi connectivity index (χ4n) is 3.95. The molecule has 1 aliphatic heterocycles. The molecule has 2 atom stereocenters. The van der Waals surface area contributed by atoms with Gasteiger partial charge in [0.15, 0.2) is 5.82 Å². The number of nitrogens with one attached hydrogen (secondary N) is 1. The van der Waals surface area contributed by atoms with E-state index < -0.39 is 0 Å². The van der Waals surface area contributed by atoms with Crippen molar-refractivity contribution >= 4 is 17.9 Å². The first-order valence-electron chi connectivity index (χ1n) is 10.4. The number of cyclic esters (lactones) is 1. The van der Waals surface area contributed by atoms with Crippen LogP contribution in [0.15, 0.2) is 16.8 Å². The van der Waals surface area contributed by atoms with Gasteiger partial charge in [0.25, 0.3) is 0 Å². The van der Waals surface area contributed by atoms with Crippen molar-refractivity contribution in [3.8, 4) is 0 Å². The Hall–Kier alpha value is -2.71. The highest BCUT2D eigenvalue weighted by molar-refractivity contribution is 5.89. The zero-order valence-corrected chi connectivity index (χ0v) is 17.2. The highest BCUT2D eigenvalue weighted by Gasteiger charge is 2.37. The number of carbonyl (C=O) groups excluding carboxylic acids is 1. The Labute approximate surface area is 170 Å². The van der Waals surface area contributed by atoms with Crippen LogP contribution in [0.4, 0.5) is 16.6 Å². The zero-order valence-electron chi connectivity index (χ0n) is 17.2. The van der Waals surface area contributed by atoms with E-state index in [0.29, 0.717) is 30.2 Å². The number of carbonyl (C=O) groups is 1. The van der Waals surface area contributed by atoms with Gasteiger partial charge in [-0.15, -0.1) is 0 Å². The van der Waals surface area contributed by atoms with Crippen LogP contribution < -0.4 is 10.2 Å². The molecule has 1 saturated heterocycles. The quantitative estimate of drug-likeness (QED) is 0.774. The summed E-state index contributed by atoms with van der Waals surface area (Å²) in [7, 11) is 0. The molecule has 2 aliphatic rings. The third kappa shape index (κ3) is 4.18. The van der Waals surface area contributed by atoms with Gasteiger partial charge in [-0.3, -0.25) is 4.90 Å². The molecule has 4 rings (SSSR count). The second-order valence-corrected chi connectivity index (χ2v) is 8.19. The number of rotatable bonds is 6. The highest BCUT2D eigenvalue weighted by Crippen LogP contribution is 2.32. The van der Waals surface area contributed by atoms with Crippen molar-refractivity contribution in [3.05, 3.63) is 24.0 Å². The molecular weight excluding hydrogens is 372 g/mol. The van der Waals surface area contributed by atoms with Crippen LogP contribution in [0.3, 0.4) is 0 Å². The van der Waals surface area contributed by atoms with E-state index in [1.807, 2.05) is 6.92 Å². The minimum Gasteiger partial charge on any atom is -0.447 e. The maximum absolute atomic E-state index is 12.2. The second-order valence-electron chi connectivity index (χ2n) is 8.19. The average molecular weight is 400 g/mol. The third-order valence-electron chi connectivity index (χ3n) is 5.71. The van der Waals surface area contributed by atoms with Crippen LogP contribution in [0, 0.1) is 5.92 Å². The van der Waals surface area contributed by atoms with Gasteiger partial charge in [0.05, 0.1) is 6.04 Å². The number of nitrogens with zero attached hydrogens (tertiary/aromatic N) is 5. The molecule has 1 saturated carbocycles. The third-order valence-corrected chi connectivity index (χ3v) is 5.71. The van der Waals surface area contributed by atoms with Crippen LogP contribution in [0.5, 0.6) is 0 Å². The van der Waals surface area contributed by atoms with Gasteiger partial charge in [-0.2, -0.15) is 9.97 Å². The van der Waals surface area contributed by atoms with Crippen molar-refractivity contribution in [1.82, 2.24) is 20.1 Å². The lowest BCUT2D eigenvalue weighted by Gasteiger charge is -2.23. The largest absolute Gasteiger partial charge is 0.447 e. The summed E-state index contributed by atoms with van der Waals surface area (Å²) in [5.41, 5.74) is 0. The van der Waals surface area contributed by atoms with Crippen molar-refractivity contribution in [2.75, 3.05) is 16.8 Å². The summed E-state index contributed by atoms with van der Waals surface area (Å²) in [4.78, 5) is 27.2. The van der Waals surface area contributed by atoms with E-state index in [0.717, 1.165) is 18.7 Å². The van der Waals surface area contributed by atoms with E-state index in [9.17, 15) is 4.79 Å². The van der Waals surface area contributed by atoms with Crippen LogP contribution in [-0.2, 0) is 4.74 Å². The van der Waals surface area contributed by atoms with E-state index in [4.69, 9.17) is 9.26 Å². The van der Waals surface area contributed by atoms with Crippen molar-refractivity contribution in [3.63, 3.8) is 0 Å². The van der Waals surface area contributed by atoms with Crippen LogP contribution in [-0.4, -0.2) is 38.9 Å².